The summed E-state index contributed by atoms with van der Waals surface area (Å²) in [5.74, 6) is 1.16. The van der Waals surface area contributed by atoms with Gasteiger partial charge in [-0.25, -0.2) is 0 Å². The molecule has 7 heteroatoms. The topological polar surface area (TPSA) is 68.0 Å². The fourth-order valence-electron chi connectivity index (χ4n) is 4.99. The van der Waals surface area contributed by atoms with E-state index in [2.05, 4.69) is 52.3 Å². The van der Waals surface area contributed by atoms with Gasteiger partial charge >= 0.3 is 0 Å². The van der Waals surface area contributed by atoms with Crippen LogP contribution >= 0.6 is 0 Å². The summed E-state index contributed by atoms with van der Waals surface area (Å²) in [4.78, 5) is 13.1. The second-order valence-corrected chi connectivity index (χ2v) is 8.67. The Morgan fingerprint density at radius 2 is 2.10 bits per heavy atom. The molecule has 1 N–H and O–H groups in total. The first kappa shape index (κ1) is 18.4. The van der Waals surface area contributed by atoms with Crippen molar-refractivity contribution >= 4 is 17.8 Å². The van der Waals surface area contributed by atoms with Gasteiger partial charge < -0.3 is 10.2 Å². The molecule has 3 aliphatic rings. The summed E-state index contributed by atoms with van der Waals surface area (Å²) >= 11 is 0. The van der Waals surface area contributed by atoms with E-state index >= 15 is 0 Å². The Morgan fingerprint density at radius 1 is 1.28 bits per heavy atom. The van der Waals surface area contributed by atoms with E-state index in [1.54, 1.807) is 0 Å². The van der Waals surface area contributed by atoms with Gasteiger partial charge in [0.25, 0.3) is 0 Å². The lowest BCUT2D eigenvalue weighted by Gasteiger charge is -2.19. The Labute approximate surface area is 171 Å². The average molecular weight is 393 g/mol. The SMILES string of the molecule is CN(C)CC1C=CC(c2nn(C3CCCC3)c3c2Cn2nc(NC=O)cc2-3)=CC1. The number of fused-ring (bicyclic) bond motifs is 3. The molecule has 0 bridgehead atoms. The van der Waals surface area contributed by atoms with Gasteiger partial charge in [0.1, 0.15) is 0 Å². The summed E-state index contributed by atoms with van der Waals surface area (Å²) in [6, 6.07) is 2.42. The Kier molecular flexibility index (Phi) is 4.62. The van der Waals surface area contributed by atoms with E-state index < -0.39 is 0 Å². The van der Waals surface area contributed by atoms with Crippen molar-refractivity contribution in [1.82, 2.24) is 24.5 Å². The van der Waals surface area contributed by atoms with Gasteiger partial charge in [-0.1, -0.05) is 31.1 Å². The summed E-state index contributed by atoms with van der Waals surface area (Å²) in [5.41, 5.74) is 5.83. The lowest BCUT2D eigenvalue weighted by molar-refractivity contribution is -0.105. The number of rotatable bonds is 6. The van der Waals surface area contributed by atoms with E-state index in [1.807, 2.05) is 10.7 Å². The first-order chi connectivity index (χ1) is 14.1. The first-order valence-corrected chi connectivity index (χ1v) is 10.6. The molecule has 0 spiro atoms. The van der Waals surface area contributed by atoms with E-state index in [0.29, 0.717) is 30.7 Å². The van der Waals surface area contributed by atoms with Crippen LogP contribution in [0.15, 0.2) is 24.3 Å². The van der Waals surface area contributed by atoms with Gasteiger partial charge in [-0.15, -0.1) is 0 Å². The molecule has 1 atom stereocenters. The van der Waals surface area contributed by atoms with Gasteiger partial charge in [-0.2, -0.15) is 10.2 Å². The van der Waals surface area contributed by atoms with Crippen LogP contribution < -0.4 is 5.32 Å². The van der Waals surface area contributed by atoms with Gasteiger partial charge in [0, 0.05) is 18.2 Å². The third kappa shape index (κ3) is 3.23. The largest absolute Gasteiger partial charge is 0.312 e. The summed E-state index contributed by atoms with van der Waals surface area (Å²) in [6.07, 6.45) is 13.5. The number of hydrogen-bond acceptors (Lipinski definition) is 4. The lowest BCUT2D eigenvalue weighted by atomic mass is 9.93. The molecule has 2 aliphatic carbocycles. The second-order valence-electron chi connectivity index (χ2n) is 8.67. The van der Waals surface area contributed by atoms with E-state index in [0.717, 1.165) is 24.4 Å². The van der Waals surface area contributed by atoms with Crippen molar-refractivity contribution in [1.29, 1.82) is 0 Å². The molecule has 2 aromatic rings. The highest BCUT2D eigenvalue weighted by atomic mass is 16.1. The van der Waals surface area contributed by atoms with Crippen molar-refractivity contribution in [3.63, 3.8) is 0 Å². The molecular formula is C22H28N6O. The number of carbonyl (C=O) groups excluding carboxylic acids is 1. The monoisotopic (exact) mass is 392 g/mol. The number of nitrogens with zero attached hydrogens (tertiary/aromatic N) is 5. The van der Waals surface area contributed by atoms with Crippen molar-refractivity contribution in [2.24, 2.45) is 5.92 Å². The fraction of sp³-hybridized carbons (Fsp3) is 0.500. The molecule has 7 nitrogen and oxygen atoms in total. The number of hydrogen-bond donors (Lipinski definition) is 1. The Balaban J connectivity index is 1.52. The highest BCUT2D eigenvalue weighted by Crippen LogP contribution is 2.42. The first-order valence-electron chi connectivity index (χ1n) is 10.6. The highest BCUT2D eigenvalue weighted by molar-refractivity contribution is 5.81. The van der Waals surface area contributed by atoms with Crippen LogP contribution in [0.1, 0.15) is 49.4 Å². The van der Waals surface area contributed by atoms with Crippen molar-refractivity contribution in [3.05, 3.63) is 35.6 Å². The van der Waals surface area contributed by atoms with Crippen LogP contribution in [0.3, 0.4) is 0 Å². The minimum Gasteiger partial charge on any atom is -0.312 e. The molecular weight excluding hydrogens is 364 g/mol. The van der Waals surface area contributed by atoms with Crippen LogP contribution in [-0.2, 0) is 11.3 Å². The number of anilines is 1. The number of allylic oxidation sites excluding steroid dienone is 3. The van der Waals surface area contributed by atoms with E-state index in [4.69, 9.17) is 5.10 Å². The average Bonchev–Trinajstić information content (AvgIpc) is 3.44. The molecule has 29 heavy (non-hydrogen) atoms. The van der Waals surface area contributed by atoms with E-state index in [9.17, 15) is 4.79 Å². The molecule has 152 valence electrons. The fourth-order valence-corrected chi connectivity index (χ4v) is 4.99. The zero-order valence-corrected chi connectivity index (χ0v) is 17.1. The smallest absolute Gasteiger partial charge is 0.212 e. The standard InChI is InChI=1S/C22H28N6O/c1-26(2)12-15-7-9-16(10-8-15)21-18-13-27-19(11-20(24-27)23-14-29)22(18)28(25-21)17-5-3-4-6-17/h7,9-11,14-15,17H,3-6,8,12-13H2,1-2H3,(H,23,24,29). The quantitative estimate of drug-likeness (QED) is 0.654. The van der Waals surface area contributed by atoms with Crippen LogP contribution in [0.25, 0.3) is 17.0 Å². The van der Waals surface area contributed by atoms with Crippen LogP contribution in [0, 0.1) is 5.92 Å². The molecule has 1 unspecified atom stereocenters. The molecule has 1 aliphatic heterocycles. The van der Waals surface area contributed by atoms with Crippen LogP contribution in [0.5, 0.6) is 0 Å². The zero-order valence-electron chi connectivity index (χ0n) is 17.1. The normalized spacial score (nSPS) is 20.8. The van der Waals surface area contributed by atoms with Gasteiger partial charge in [0.15, 0.2) is 5.82 Å². The predicted molar refractivity (Wildman–Crippen MR) is 114 cm³/mol. The predicted octanol–water partition coefficient (Wildman–Crippen LogP) is 3.31. The van der Waals surface area contributed by atoms with Crippen LogP contribution in [0.2, 0.25) is 0 Å². The Bertz CT molecular complexity index is 989. The number of amides is 1. The maximum absolute atomic E-state index is 10.8. The van der Waals surface area contributed by atoms with Crippen molar-refractivity contribution < 1.29 is 4.79 Å². The molecule has 2 aromatic heterocycles. The number of carbonyl (C=O) groups is 1. The number of aromatic nitrogens is 4. The minimum absolute atomic E-state index is 0.455. The van der Waals surface area contributed by atoms with Crippen molar-refractivity contribution in [3.8, 4) is 11.4 Å². The summed E-state index contributed by atoms with van der Waals surface area (Å²) in [5, 5.41) is 12.4. The van der Waals surface area contributed by atoms with E-state index in [-0.39, 0.29) is 0 Å². The van der Waals surface area contributed by atoms with Gasteiger partial charge in [-0.05, 0) is 44.8 Å². The Morgan fingerprint density at radius 3 is 2.79 bits per heavy atom. The minimum atomic E-state index is 0.455. The van der Waals surface area contributed by atoms with Crippen molar-refractivity contribution in [2.75, 3.05) is 26.0 Å². The summed E-state index contributed by atoms with van der Waals surface area (Å²) < 4.78 is 4.25. The third-order valence-electron chi connectivity index (χ3n) is 6.28. The zero-order chi connectivity index (χ0) is 20.0. The third-order valence-corrected chi connectivity index (χ3v) is 6.28. The van der Waals surface area contributed by atoms with Crippen molar-refractivity contribution in [2.45, 2.75) is 44.7 Å². The summed E-state index contributed by atoms with van der Waals surface area (Å²) in [6.45, 7) is 1.77. The second kappa shape index (κ2) is 7.30. The lowest BCUT2D eigenvalue weighted by Crippen LogP contribution is -2.21. The molecule has 0 saturated heterocycles. The molecule has 1 amide bonds. The molecule has 5 rings (SSSR count). The van der Waals surface area contributed by atoms with E-state index in [1.165, 1.54) is 42.5 Å². The van der Waals surface area contributed by atoms with Gasteiger partial charge in [0.2, 0.25) is 6.41 Å². The Hall–Kier alpha value is -2.67. The van der Waals surface area contributed by atoms with Gasteiger partial charge in [-0.3, -0.25) is 14.2 Å². The highest BCUT2D eigenvalue weighted by Gasteiger charge is 2.33. The molecule has 1 saturated carbocycles. The number of nitrogens with one attached hydrogen (secondary N) is 1. The van der Waals surface area contributed by atoms with Crippen LogP contribution in [-0.4, -0.2) is 51.5 Å². The maximum atomic E-state index is 10.8. The maximum Gasteiger partial charge on any atom is 0.212 e. The molecule has 0 radical (unpaired) electrons. The molecule has 3 heterocycles. The van der Waals surface area contributed by atoms with Crippen LogP contribution in [0.4, 0.5) is 5.82 Å². The molecule has 0 aromatic carbocycles. The molecule has 1 fully saturated rings. The summed E-state index contributed by atoms with van der Waals surface area (Å²) in [7, 11) is 4.25. The van der Waals surface area contributed by atoms with Gasteiger partial charge in [0.05, 0.1) is 29.7 Å².